The van der Waals surface area contributed by atoms with Gasteiger partial charge in [0.25, 0.3) is 0 Å². The van der Waals surface area contributed by atoms with Crippen LogP contribution in [0.25, 0.3) is 0 Å². The number of hydrogen-bond donors (Lipinski definition) is 2. The summed E-state index contributed by atoms with van der Waals surface area (Å²) >= 11 is 0. The number of nitrogens with zero attached hydrogens (tertiary/aromatic N) is 2. The van der Waals surface area contributed by atoms with Crippen molar-refractivity contribution in [3.8, 4) is 0 Å². The lowest BCUT2D eigenvalue weighted by Crippen LogP contribution is -2.67. The lowest BCUT2D eigenvalue weighted by molar-refractivity contribution is -0.251. The van der Waals surface area contributed by atoms with E-state index in [2.05, 4.69) is 53.1 Å². The molecule has 8 nitrogen and oxygen atoms in total. The fourth-order valence-electron chi connectivity index (χ4n) is 13.7. The van der Waals surface area contributed by atoms with Crippen LogP contribution in [0.4, 0.5) is 0 Å². The second-order valence-electron chi connectivity index (χ2n) is 19.5. The van der Waals surface area contributed by atoms with E-state index in [4.69, 9.17) is 25.9 Å². The molecule has 0 aliphatic heterocycles. The summed E-state index contributed by atoms with van der Waals surface area (Å²) in [5, 5.41) is 0. The third-order valence-electron chi connectivity index (χ3n) is 16.9. The largest absolute Gasteiger partial charge is 0.461 e. The molecule has 290 valence electrons. The van der Waals surface area contributed by atoms with Crippen molar-refractivity contribution in [2.45, 2.75) is 165 Å². The Hall–Kier alpha value is -2.32. The third-order valence-corrected chi connectivity index (χ3v) is 16.9. The van der Waals surface area contributed by atoms with Crippen LogP contribution in [0.15, 0.2) is 12.2 Å². The highest BCUT2D eigenvalue weighted by Gasteiger charge is 2.72. The van der Waals surface area contributed by atoms with E-state index in [1.807, 2.05) is 20.8 Å². The van der Waals surface area contributed by atoms with Gasteiger partial charge in [0.05, 0.1) is 28.2 Å². The van der Waals surface area contributed by atoms with Gasteiger partial charge in [0.1, 0.15) is 18.8 Å². The van der Waals surface area contributed by atoms with Crippen molar-refractivity contribution in [2.75, 3.05) is 6.54 Å². The molecule has 1 aromatic rings. The van der Waals surface area contributed by atoms with Gasteiger partial charge < -0.3 is 20.9 Å². The molecule has 1 aromatic heterocycles. The number of aromatic nitrogens is 2. The zero-order valence-corrected chi connectivity index (χ0v) is 34.0. The summed E-state index contributed by atoms with van der Waals surface area (Å²) < 4.78 is 12.6. The molecule has 0 bridgehead atoms. The number of rotatable bonds is 10. The number of unbranched alkanes of at least 4 members (excludes halogenated alkanes) is 1. The summed E-state index contributed by atoms with van der Waals surface area (Å²) in [5.41, 5.74) is 16.4. The predicted molar refractivity (Wildman–Crippen MR) is 206 cm³/mol. The van der Waals surface area contributed by atoms with Crippen LogP contribution in [0, 0.1) is 77.4 Å². The molecule has 1 heterocycles. The van der Waals surface area contributed by atoms with E-state index in [0.717, 1.165) is 87.0 Å². The van der Waals surface area contributed by atoms with Crippen molar-refractivity contribution >= 4 is 11.9 Å². The number of carbonyl (C=O) groups is 2. The van der Waals surface area contributed by atoms with E-state index >= 15 is 0 Å². The highest BCUT2D eigenvalue weighted by Crippen LogP contribution is 2.77. The van der Waals surface area contributed by atoms with Crippen LogP contribution in [0.5, 0.6) is 0 Å². The summed E-state index contributed by atoms with van der Waals surface area (Å²) in [6.45, 7) is 25.9. The summed E-state index contributed by atoms with van der Waals surface area (Å²) in [5.74, 6) is 1.77. The SMILES string of the molecule is C=C(C)[C@@H]1CC[C@]2(C(=O)OCc3nc(C)c(C)nc3C)CC[C@]3(C)[C@H](CC[C@@H]4[C@@]5(C)CC[C@H](OC(=O)[C@@H](N)CCCCN)C(C)(C)[C@@H]5CC[C@]43C)[C@@H]12. The number of fused-ring (bicyclic) bond motifs is 7. The Bertz CT molecular complexity index is 1560. The molecule has 0 unspecified atom stereocenters. The van der Waals surface area contributed by atoms with E-state index in [-0.39, 0.29) is 52.2 Å². The molecule has 5 aliphatic carbocycles. The topological polar surface area (TPSA) is 130 Å². The molecule has 0 radical (unpaired) electrons. The van der Waals surface area contributed by atoms with Gasteiger partial charge in [-0.3, -0.25) is 19.6 Å². The Morgan fingerprint density at radius 1 is 0.846 bits per heavy atom. The molecule has 5 aliphatic rings. The molecule has 6 rings (SSSR count). The van der Waals surface area contributed by atoms with Gasteiger partial charge in [0.2, 0.25) is 0 Å². The number of hydrogen-bond acceptors (Lipinski definition) is 8. The first-order valence-electron chi connectivity index (χ1n) is 20.7. The van der Waals surface area contributed by atoms with Gasteiger partial charge in [-0.1, -0.05) is 53.2 Å². The quantitative estimate of drug-likeness (QED) is 0.140. The lowest BCUT2D eigenvalue weighted by atomic mass is 9.32. The molecular formula is C44H70N4O4. The number of ether oxygens (including phenoxy) is 2. The zero-order chi connectivity index (χ0) is 38.0. The maximum atomic E-state index is 14.5. The Morgan fingerprint density at radius 2 is 1.56 bits per heavy atom. The van der Waals surface area contributed by atoms with Crippen molar-refractivity contribution in [1.82, 2.24) is 9.97 Å². The van der Waals surface area contributed by atoms with E-state index in [9.17, 15) is 9.59 Å². The Labute approximate surface area is 314 Å². The first-order chi connectivity index (χ1) is 24.4. The minimum absolute atomic E-state index is 0.0283. The van der Waals surface area contributed by atoms with Crippen LogP contribution < -0.4 is 11.5 Å². The standard InChI is InChI=1S/C44H70N4O4/c1-26(2)30-16-21-44(39(50)51-25-33-29(5)47-27(3)28(4)48-33)23-22-42(9)31(37(30)44)14-15-35-41(8)19-18-36(52-38(49)32(46)13-11-12-24-45)40(6,7)34(41)17-20-43(35,42)10/h30-32,34-37H,1,11-25,45-46H2,2-10H3/t30-,31+,32-,34-,35+,36-,37+,41-,42+,43+,44-/m0/s1. The average Bonchev–Trinajstić information content (AvgIpc) is 3.48. The zero-order valence-electron chi connectivity index (χ0n) is 34.0. The van der Waals surface area contributed by atoms with Crippen molar-refractivity contribution in [1.29, 1.82) is 0 Å². The molecule has 11 atom stereocenters. The third kappa shape index (κ3) is 6.08. The number of esters is 2. The van der Waals surface area contributed by atoms with Gasteiger partial charge in [-0.05, 0) is 157 Å². The maximum absolute atomic E-state index is 14.5. The molecular weight excluding hydrogens is 649 g/mol. The molecule has 52 heavy (non-hydrogen) atoms. The van der Waals surface area contributed by atoms with Gasteiger partial charge >= 0.3 is 11.9 Å². The van der Waals surface area contributed by atoms with E-state index < -0.39 is 11.5 Å². The summed E-state index contributed by atoms with van der Waals surface area (Å²) in [7, 11) is 0. The molecule has 0 amide bonds. The minimum Gasteiger partial charge on any atom is -0.461 e. The fraction of sp³-hybridized carbons (Fsp3) is 0.818. The molecule has 0 spiro atoms. The van der Waals surface area contributed by atoms with E-state index in [1.54, 1.807) is 0 Å². The predicted octanol–water partition coefficient (Wildman–Crippen LogP) is 8.47. The van der Waals surface area contributed by atoms with Gasteiger partial charge in [-0.2, -0.15) is 0 Å². The molecule has 8 heteroatoms. The number of aryl methyl sites for hydroxylation is 3. The van der Waals surface area contributed by atoms with Crippen molar-refractivity contribution in [2.24, 2.45) is 68.1 Å². The van der Waals surface area contributed by atoms with Crippen molar-refractivity contribution in [3.63, 3.8) is 0 Å². The maximum Gasteiger partial charge on any atom is 0.323 e. The number of nitrogens with two attached hydrogens (primary N) is 2. The summed E-state index contributed by atoms with van der Waals surface area (Å²) in [4.78, 5) is 37.1. The second-order valence-corrected chi connectivity index (χ2v) is 19.5. The number of allylic oxidation sites excluding steroid dienone is 1. The number of carbonyl (C=O) groups excluding carboxylic acids is 2. The van der Waals surface area contributed by atoms with Crippen LogP contribution in [0.3, 0.4) is 0 Å². The van der Waals surface area contributed by atoms with Gasteiger partial charge in [-0.25, -0.2) is 0 Å². The summed E-state index contributed by atoms with van der Waals surface area (Å²) in [6.07, 6.45) is 12.6. The first kappa shape index (κ1) is 39.4. The minimum atomic E-state index is -0.584. The van der Waals surface area contributed by atoms with Crippen LogP contribution in [-0.2, 0) is 25.7 Å². The molecule has 5 fully saturated rings. The lowest BCUT2D eigenvalue weighted by Gasteiger charge is -2.72. The molecule has 0 saturated heterocycles. The monoisotopic (exact) mass is 719 g/mol. The van der Waals surface area contributed by atoms with Gasteiger partial charge in [-0.15, -0.1) is 0 Å². The summed E-state index contributed by atoms with van der Waals surface area (Å²) in [6, 6.07) is -0.584. The Morgan fingerprint density at radius 3 is 2.25 bits per heavy atom. The van der Waals surface area contributed by atoms with Crippen LogP contribution in [0.1, 0.15) is 148 Å². The van der Waals surface area contributed by atoms with Crippen LogP contribution in [-0.4, -0.2) is 40.6 Å². The fourth-order valence-corrected chi connectivity index (χ4v) is 13.7. The Balaban J connectivity index is 1.24. The van der Waals surface area contributed by atoms with E-state index in [1.165, 1.54) is 18.4 Å². The van der Waals surface area contributed by atoms with Crippen LogP contribution in [0.2, 0.25) is 0 Å². The van der Waals surface area contributed by atoms with Gasteiger partial charge in [0.15, 0.2) is 0 Å². The second kappa shape index (κ2) is 14.1. The van der Waals surface area contributed by atoms with Gasteiger partial charge in [0, 0.05) is 5.41 Å². The highest BCUT2D eigenvalue weighted by atomic mass is 16.5. The molecule has 0 aromatic carbocycles. The highest BCUT2D eigenvalue weighted by molar-refractivity contribution is 5.78. The smallest absolute Gasteiger partial charge is 0.323 e. The normalized spacial score (nSPS) is 39.7. The van der Waals surface area contributed by atoms with E-state index in [0.29, 0.717) is 36.6 Å². The molecule has 4 N–H and O–H groups in total. The first-order valence-corrected chi connectivity index (χ1v) is 20.7. The Kier molecular flexibility index (Phi) is 10.7. The molecule has 5 saturated carbocycles. The average molecular weight is 719 g/mol. The van der Waals surface area contributed by atoms with Crippen molar-refractivity contribution < 1.29 is 19.1 Å². The van der Waals surface area contributed by atoms with Crippen molar-refractivity contribution in [3.05, 3.63) is 34.9 Å². The van der Waals surface area contributed by atoms with Crippen LogP contribution >= 0.6 is 0 Å².